The number of ether oxygens (including phenoxy) is 1. The van der Waals surface area contributed by atoms with Crippen LogP contribution in [0.1, 0.15) is 19.4 Å². The van der Waals surface area contributed by atoms with E-state index in [1.54, 1.807) is 0 Å². The molecule has 0 bridgehead atoms. The minimum Gasteiger partial charge on any atom is -0.379 e. The van der Waals surface area contributed by atoms with Crippen molar-refractivity contribution in [3.8, 4) is 0 Å². The molecule has 0 radical (unpaired) electrons. The highest BCUT2D eigenvalue weighted by Crippen LogP contribution is 2.16. The van der Waals surface area contributed by atoms with E-state index in [1.165, 1.54) is 0 Å². The molecule has 1 saturated heterocycles. The third-order valence-electron chi connectivity index (χ3n) is 4.29. The van der Waals surface area contributed by atoms with Crippen LogP contribution in [0, 0.1) is 5.92 Å². The Morgan fingerprint density at radius 2 is 2.08 bits per heavy atom. The second-order valence-electron chi connectivity index (χ2n) is 6.66. The molecule has 1 aromatic carbocycles. The number of halogens is 1. The number of aliphatic imine (C=N–C) groups is 1. The Kier molecular flexibility index (Phi) is 8.52. The van der Waals surface area contributed by atoms with Crippen molar-refractivity contribution >= 4 is 17.6 Å². The minimum atomic E-state index is 0.514. The van der Waals surface area contributed by atoms with Crippen molar-refractivity contribution in [2.45, 2.75) is 20.4 Å². The van der Waals surface area contributed by atoms with Crippen LogP contribution < -0.4 is 5.32 Å². The molecule has 1 fully saturated rings. The third-order valence-corrected chi connectivity index (χ3v) is 4.66. The fourth-order valence-electron chi connectivity index (χ4n) is 2.95. The topological polar surface area (TPSA) is 40.1 Å². The van der Waals surface area contributed by atoms with Crippen molar-refractivity contribution in [2.75, 3.05) is 53.0 Å². The Labute approximate surface area is 157 Å². The lowest BCUT2D eigenvalue weighted by atomic mass is 10.1. The van der Waals surface area contributed by atoms with Crippen LogP contribution in [-0.2, 0) is 11.3 Å². The summed E-state index contributed by atoms with van der Waals surface area (Å²) in [6, 6.07) is 7.96. The van der Waals surface area contributed by atoms with Crippen LogP contribution in [0.3, 0.4) is 0 Å². The summed E-state index contributed by atoms with van der Waals surface area (Å²) in [6.45, 7) is 11.6. The standard InChI is InChI=1S/C19H31ClN4O/c1-4-21-19(23(3)15-17-7-5-6-8-18(17)20)22-13-16(2)14-24-9-11-25-12-10-24/h5-8,16H,4,9-15H2,1-3H3,(H,21,22). The van der Waals surface area contributed by atoms with Gasteiger partial charge in [0.25, 0.3) is 0 Å². The van der Waals surface area contributed by atoms with Crippen LogP contribution in [0.15, 0.2) is 29.3 Å². The van der Waals surface area contributed by atoms with Crippen LogP contribution in [0.2, 0.25) is 5.02 Å². The van der Waals surface area contributed by atoms with Crippen molar-refractivity contribution in [2.24, 2.45) is 10.9 Å². The summed E-state index contributed by atoms with van der Waals surface area (Å²) in [5.74, 6) is 1.44. The summed E-state index contributed by atoms with van der Waals surface area (Å²) in [6.07, 6.45) is 0. The largest absolute Gasteiger partial charge is 0.379 e. The molecule has 1 aliphatic heterocycles. The number of rotatable bonds is 7. The van der Waals surface area contributed by atoms with Crippen molar-refractivity contribution in [3.05, 3.63) is 34.9 Å². The van der Waals surface area contributed by atoms with E-state index in [-0.39, 0.29) is 0 Å². The summed E-state index contributed by atoms with van der Waals surface area (Å²) in [5, 5.41) is 4.18. The number of benzene rings is 1. The maximum atomic E-state index is 6.28. The van der Waals surface area contributed by atoms with Crippen LogP contribution in [-0.4, -0.2) is 68.7 Å². The van der Waals surface area contributed by atoms with Gasteiger partial charge in [0.15, 0.2) is 5.96 Å². The molecule has 1 heterocycles. The third kappa shape index (κ3) is 6.84. The molecule has 5 nitrogen and oxygen atoms in total. The van der Waals surface area contributed by atoms with Crippen LogP contribution >= 0.6 is 11.6 Å². The number of nitrogens with zero attached hydrogens (tertiary/aromatic N) is 3. The van der Waals surface area contributed by atoms with Gasteiger partial charge < -0.3 is 15.0 Å². The van der Waals surface area contributed by atoms with E-state index < -0.39 is 0 Å². The number of nitrogens with one attached hydrogen (secondary N) is 1. The van der Waals surface area contributed by atoms with E-state index in [4.69, 9.17) is 21.3 Å². The first kappa shape index (κ1) is 20.0. The highest BCUT2D eigenvalue weighted by molar-refractivity contribution is 6.31. The maximum Gasteiger partial charge on any atom is 0.193 e. The van der Waals surface area contributed by atoms with Gasteiger partial charge in [-0.3, -0.25) is 9.89 Å². The molecule has 0 saturated carbocycles. The quantitative estimate of drug-likeness (QED) is 0.595. The summed E-state index contributed by atoms with van der Waals surface area (Å²) in [5.41, 5.74) is 1.11. The Balaban J connectivity index is 1.90. The summed E-state index contributed by atoms with van der Waals surface area (Å²) >= 11 is 6.28. The van der Waals surface area contributed by atoms with Crippen LogP contribution in [0.25, 0.3) is 0 Å². The van der Waals surface area contributed by atoms with Gasteiger partial charge in [-0.15, -0.1) is 0 Å². The predicted molar refractivity (Wildman–Crippen MR) is 105 cm³/mol. The highest BCUT2D eigenvalue weighted by Gasteiger charge is 2.14. The molecule has 1 unspecified atom stereocenters. The fourth-order valence-corrected chi connectivity index (χ4v) is 3.15. The molecule has 1 aromatic rings. The Morgan fingerprint density at radius 3 is 2.76 bits per heavy atom. The molecule has 1 aliphatic rings. The molecule has 0 aliphatic carbocycles. The Bertz CT molecular complexity index is 546. The average Bonchev–Trinajstić information content (AvgIpc) is 2.61. The molecule has 25 heavy (non-hydrogen) atoms. The van der Waals surface area contributed by atoms with E-state index in [0.717, 1.165) is 69.0 Å². The van der Waals surface area contributed by atoms with Crippen LogP contribution in [0.5, 0.6) is 0 Å². The van der Waals surface area contributed by atoms with Gasteiger partial charge in [-0.1, -0.05) is 36.7 Å². The van der Waals surface area contributed by atoms with E-state index >= 15 is 0 Å². The maximum absolute atomic E-state index is 6.28. The Morgan fingerprint density at radius 1 is 1.36 bits per heavy atom. The molecule has 0 aromatic heterocycles. The highest BCUT2D eigenvalue weighted by atomic mass is 35.5. The average molecular weight is 367 g/mol. The number of morpholine rings is 1. The molecule has 2 rings (SSSR count). The van der Waals surface area contributed by atoms with E-state index in [0.29, 0.717) is 5.92 Å². The lowest BCUT2D eigenvalue weighted by molar-refractivity contribution is 0.0323. The minimum absolute atomic E-state index is 0.514. The first-order valence-corrected chi connectivity index (χ1v) is 9.51. The van der Waals surface area contributed by atoms with E-state index in [1.807, 2.05) is 18.2 Å². The smallest absolute Gasteiger partial charge is 0.193 e. The number of hydrogen-bond acceptors (Lipinski definition) is 3. The molecule has 6 heteroatoms. The number of hydrogen-bond donors (Lipinski definition) is 1. The molecule has 140 valence electrons. The molecule has 1 atom stereocenters. The fraction of sp³-hybridized carbons (Fsp3) is 0.632. The predicted octanol–water partition coefficient (Wildman–Crippen LogP) is 2.71. The zero-order chi connectivity index (χ0) is 18.1. The van der Waals surface area contributed by atoms with Gasteiger partial charge in [0.05, 0.1) is 13.2 Å². The van der Waals surface area contributed by atoms with Crippen molar-refractivity contribution < 1.29 is 4.74 Å². The second kappa shape index (κ2) is 10.6. The summed E-state index contributed by atoms with van der Waals surface area (Å²) in [4.78, 5) is 9.43. The second-order valence-corrected chi connectivity index (χ2v) is 7.07. The normalized spacial score (nSPS) is 17.4. The monoisotopic (exact) mass is 366 g/mol. The Hall–Kier alpha value is -1.30. The van der Waals surface area contributed by atoms with Gasteiger partial charge in [-0.2, -0.15) is 0 Å². The SMILES string of the molecule is CCNC(=NCC(C)CN1CCOCC1)N(C)Cc1ccccc1Cl. The van der Waals surface area contributed by atoms with Gasteiger partial charge in [0.2, 0.25) is 0 Å². The first-order chi connectivity index (χ1) is 12.1. The van der Waals surface area contributed by atoms with Gasteiger partial charge >= 0.3 is 0 Å². The zero-order valence-corrected chi connectivity index (χ0v) is 16.4. The van der Waals surface area contributed by atoms with Crippen molar-refractivity contribution in [1.29, 1.82) is 0 Å². The molecule has 0 amide bonds. The lowest BCUT2D eigenvalue weighted by Crippen LogP contribution is -2.40. The van der Waals surface area contributed by atoms with Gasteiger partial charge in [-0.25, -0.2) is 0 Å². The van der Waals surface area contributed by atoms with E-state index in [2.05, 4.69) is 42.1 Å². The summed E-state index contributed by atoms with van der Waals surface area (Å²) < 4.78 is 5.41. The first-order valence-electron chi connectivity index (χ1n) is 9.13. The molecule has 1 N–H and O–H groups in total. The van der Waals surface area contributed by atoms with Gasteiger partial charge in [-0.05, 0) is 24.5 Å². The molecular weight excluding hydrogens is 336 g/mol. The van der Waals surface area contributed by atoms with Crippen LogP contribution in [0.4, 0.5) is 0 Å². The van der Waals surface area contributed by atoms with Crippen molar-refractivity contribution in [3.63, 3.8) is 0 Å². The summed E-state index contributed by atoms with van der Waals surface area (Å²) in [7, 11) is 2.05. The molecule has 0 spiro atoms. The van der Waals surface area contributed by atoms with Gasteiger partial charge in [0, 0.05) is 51.3 Å². The zero-order valence-electron chi connectivity index (χ0n) is 15.7. The molecular formula is C19H31ClN4O. The van der Waals surface area contributed by atoms with Crippen molar-refractivity contribution in [1.82, 2.24) is 15.1 Å². The number of guanidine groups is 1. The lowest BCUT2D eigenvalue weighted by Gasteiger charge is -2.29. The van der Waals surface area contributed by atoms with Gasteiger partial charge in [0.1, 0.15) is 0 Å². The van der Waals surface area contributed by atoms with E-state index in [9.17, 15) is 0 Å².